The van der Waals surface area contributed by atoms with Crippen LogP contribution in [0.4, 0.5) is 5.69 Å². The van der Waals surface area contributed by atoms with Crippen LogP contribution in [0.5, 0.6) is 5.75 Å². The van der Waals surface area contributed by atoms with E-state index in [1.54, 1.807) is 12.3 Å². The fraction of sp³-hybridized carbons (Fsp3) is 0.154. The summed E-state index contributed by atoms with van der Waals surface area (Å²) in [6, 6.07) is 60.2. The number of aliphatic imine (C=N–C) groups is 1. The number of oxazole rings is 1. The van der Waals surface area contributed by atoms with E-state index in [-0.39, 0.29) is 16.6 Å². The van der Waals surface area contributed by atoms with Crippen molar-refractivity contribution in [3.8, 4) is 28.3 Å². The maximum Gasteiger partial charge on any atom is 0.229 e. The summed E-state index contributed by atoms with van der Waals surface area (Å²) in [5.41, 5.74) is 7.87. The van der Waals surface area contributed by atoms with E-state index < -0.39 is 8.07 Å². The van der Waals surface area contributed by atoms with E-state index in [0.29, 0.717) is 17.1 Å². The minimum Gasteiger partial charge on any atom is -0.507 e. The second kappa shape index (κ2) is 15.0. The van der Waals surface area contributed by atoms with Gasteiger partial charge < -0.3 is 9.52 Å². The molecular weight excluding hydrogens is 713 g/mol. The van der Waals surface area contributed by atoms with Gasteiger partial charge in [-0.3, -0.25) is 4.99 Å². The van der Waals surface area contributed by atoms with E-state index in [1.165, 1.54) is 26.3 Å². The first-order chi connectivity index (χ1) is 27.4. The fourth-order valence-corrected chi connectivity index (χ4v) is 12.5. The number of aromatic hydroxyl groups is 1. The molecule has 0 saturated heterocycles. The molecule has 0 atom stereocenters. The highest BCUT2D eigenvalue weighted by atomic mass is 28.3. The third-order valence-electron chi connectivity index (χ3n) is 11.0. The normalized spacial score (nSPS) is 12.4. The lowest BCUT2D eigenvalue weighted by Crippen LogP contribution is -2.74. The van der Waals surface area contributed by atoms with Gasteiger partial charge in [-0.25, -0.2) is 4.98 Å². The first kappa shape index (κ1) is 37.6. The van der Waals surface area contributed by atoms with Crippen LogP contribution in [-0.4, -0.2) is 24.4 Å². The Kier molecular flexibility index (Phi) is 9.88. The molecule has 0 bridgehead atoms. The van der Waals surface area contributed by atoms with Crippen molar-refractivity contribution in [2.24, 2.45) is 4.99 Å². The molecule has 1 heterocycles. The molecule has 282 valence electrons. The number of fused-ring (bicyclic) bond motifs is 1. The molecule has 0 saturated carbocycles. The van der Waals surface area contributed by atoms with Gasteiger partial charge in [0, 0.05) is 17.3 Å². The first-order valence-electron chi connectivity index (χ1n) is 19.6. The van der Waals surface area contributed by atoms with E-state index >= 15 is 0 Å². The summed E-state index contributed by atoms with van der Waals surface area (Å²) in [7, 11) is -2.68. The molecule has 0 aliphatic heterocycles. The Morgan fingerprint density at radius 1 is 0.544 bits per heavy atom. The van der Waals surface area contributed by atoms with Gasteiger partial charge in [-0.05, 0) is 84.7 Å². The summed E-state index contributed by atoms with van der Waals surface area (Å²) in [6.07, 6.45) is 1.72. The van der Waals surface area contributed by atoms with Gasteiger partial charge in [-0.2, -0.15) is 0 Å². The van der Waals surface area contributed by atoms with Gasteiger partial charge in [-0.1, -0.05) is 175 Å². The highest BCUT2D eigenvalue weighted by Crippen LogP contribution is 2.39. The van der Waals surface area contributed by atoms with E-state index in [9.17, 15) is 5.11 Å². The van der Waals surface area contributed by atoms with Crippen LogP contribution in [0.3, 0.4) is 0 Å². The number of aromatic nitrogens is 1. The molecule has 0 fully saturated rings. The fourth-order valence-electron chi connectivity index (χ4n) is 7.79. The van der Waals surface area contributed by atoms with Gasteiger partial charge >= 0.3 is 0 Å². The second-order valence-corrected chi connectivity index (χ2v) is 20.7. The molecule has 57 heavy (non-hydrogen) atoms. The van der Waals surface area contributed by atoms with Crippen LogP contribution in [0.1, 0.15) is 58.2 Å². The lowest BCUT2D eigenvalue weighted by Gasteiger charge is -2.34. The van der Waals surface area contributed by atoms with Gasteiger partial charge in [0.1, 0.15) is 11.3 Å². The molecule has 0 unspecified atom stereocenters. The van der Waals surface area contributed by atoms with Crippen LogP contribution in [0, 0.1) is 0 Å². The number of phenolic OH excluding ortho intramolecular Hbond substituents is 1. The Morgan fingerprint density at radius 3 is 1.63 bits per heavy atom. The van der Waals surface area contributed by atoms with Crippen molar-refractivity contribution >= 4 is 51.8 Å². The topological polar surface area (TPSA) is 58.6 Å². The van der Waals surface area contributed by atoms with Crippen molar-refractivity contribution < 1.29 is 9.52 Å². The Bertz CT molecular complexity index is 2590. The lowest BCUT2D eigenvalue weighted by molar-refractivity contribution is 0.473. The summed E-state index contributed by atoms with van der Waals surface area (Å²) < 4.78 is 6.66. The Balaban J connectivity index is 1.26. The van der Waals surface area contributed by atoms with Crippen LogP contribution in [0.15, 0.2) is 179 Å². The van der Waals surface area contributed by atoms with Gasteiger partial charge in [0.15, 0.2) is 13.7 Å². The molecule has 0 amide bonds. The zero-order valence-electron chi connectivity index (χ0n) is 33.5. The minimum absolute atomic E-state index is 0.0624. The molecule has 1 N–H and O–H groups in total. The Labute approximate surface area is 337 Å². The van der Waals surface area contributed by atoms with Crippen molar-refractivity contribution in [3.05, 3.63) is 187 Å². The van der Waals surface area contributed by atoms with Crippen LogP contribution >= 0.6 is 0 Å². The predicted octanol–water partition coefficient (Wildman–Crippen LogP) is 10.6. The average molecular weight is 761 g/mol. The number of rotatable bonds is 8. The van der Waals surface area contributed by atoms with Crippen molar-refractivity contribution in [2.75, 3.05) is 0 Å². The SMILES string of the molecule is CC(C)(C)c1ccc(O)c(C=Nc2ccccc2-c2nc3c(-c4ccc([Si](c5ccccc5)(c5ccccc5)c5ccccc5)cc4)cc(C(C)(C)C)cc3o2)c1. The van der Waals surface area contributed by atoms with Gasteiger partial charge in [-0.15, -0.1) is 0 Å². The van der Waals surface area contributed by atoms with Crippen LogP contribution in [0.2, 0.25) is 0 Å². The van der Waals surface area contributed by atoms with Crippen molar-refractivity contribution in [1.82, 2.24) is 4.98 Å². The van der Waals surface area contributed by atoms with Crippen LogP contribution in [-0.2, 0) is 10.8 Å². The Hall–Kier alpha value is -6.30. The van der Waals surface area contributed by atoms with Gasteiger partial charge in [0.25, 0.3) is 0 Å². The van der Waals surface area contributed by atoms with E-state index in [4.69, 9.17) is 14.4 Å². The molecule has 5 heteroatoms. The number of hydrogen-bond acceptors (Lipinski definition) is 4. The quantitative estimate of drug-likeness (QED) is 0.0953. The number of para-hydroxylation sites is 1. The lowest BCUT2D eigenvalue weighted by atomic mass is 9.85. The van der Waals surface area contributed by atoms with Crippen LogP contribution in [0.25, 0.3) is 33.7 Å². The molecule has 7 aromatic carbocycles. The molecule has 0 spiro atoms. The number of benzene rings is 7. The van der Waals surface area contributed by atoms with Gasteiger partial charge in [0.05, 0.1) is 11.3 Å². The third kappa shape index (κ3) is 7.27. The summed E-state index contributed by atoms with van der Waals surface area (Å²) in [4.78, 5) is 10.1. The molecule has 4 nitrogen and oxygen atoms in total. The zero-order valence-corrected chi connectivity index (χ0v) is 34.5. The molecule has 0 aliphatic carbocycles. The van der Waals surface area contributed by atoms with E-state index in [2.05, 4.69) is 169 Å². The van der Waals surface area contributed by atoms with Crippen LogP contribution < -0.4 is 20.7 Å². The van der Waals surface area contributed by atoms with Crippen molar-refractivity contribution in [3.63, 3.8) is 0 Å². The third-order valence-corrected chi connectivity index (χ3v) is 15.8. The average Bonchev–Trinajstić information content (AvgIpc) is 3.66. The largest absolute Gasteiger partial charge is 0.507 e. The maximum absolute atomic E-state index is 10.7. The summed E-state index contributed by atoms with van der Waals surface area (Å²) in [5.74, 6) is 0.686. The second-order valence-electron chi connectivity index (χ2n) is 16.9. The first-order valence-corrected chi connectivity index (χ1v) is 21.6. The molecule has 0 aliphatic rings. The maximum atomic E-state index is 10.7. The smallest absolute Gasteiger partial charge is 0.229 e. The highest BCUT2D eigenvalue weighted by molar-refractivity contribution is 7.19. The Morgan fingerprint density at radius 2 is 1.07 bits per heavy atom. The molecule has 0 radical (unpaired) electrons. The standard InChI is InChI=1S/C52H48N2O2Si/c1-51(2,3)38-28-31-47(55)37(32-38)35-53-46-25-17-16-24-44(46)50-54-49-45(33-39(52(4,5)6)34-48(49)56-50)36-26-29-43(30-27-36)57(40-18-10-7-11-19-40,41-20-12-8-13-21-41)42-22-14-9-15-23-42/h7-35,55H,1-6H3. The van der Waals surface area contributed by atoms with Crippen molar-refractivity contribution in [1.29, 1.82) is 0 Å². The summed E-state index contributed by atoms with van der Waals surface area (Å²) >= 11 is 0. The predicted molar refractivity (Wildman–Crippen MR) is 241 cm³/mol. The summed E-state index contributed by atoms with van der Waals surface area (Å²) in [5, 5.41) is 16.0. The van der Waals surface area contributed by atoms with Crippen molar-refractivity contribution in [2.45, 2.75) is 52.4 Å². The van der Waals surface area contributed by atoms with Gasteiger partial charge in [0.2, 0.25) is 5.89 Å². The minimum atomic E-state index is -2.68. The summed E-state index contributed by atoms with van der Waals surface area (Å²) in [6.45, 7) is 13.2. The molecule has 1 aromatic heterocycles. The molecule has 8 rings (SSSR count). The monoisotopic (exact) mass is 760 g/mol. The molecular formula is C52H48N2O2Si. The zero-order chi connectivity index (χ0) is 39.8. The number of nitrogens with zero attached hydrogens (tertiary/aromatic N) is 2. The number of phenols is 1. The number of hydrogen-bond donors (Lipinski definition) is 1. The molecule has 8 aromatic rings. The van der Waals surface area contributed by atoms with E-state index in [0.717, 1.165) is 33.4 Å². The van der Waals surface area contributed by atoms with E-state index in [1.807, 2.05) is 36.4 Å². The highest BCUT2D eigenvalue weighted by Gasteiger charge is 2.41.